The smallest absolute Gasteiger partial charge is 0.306 e. The van der Waals surface area contributed by atoms with Crippen molar-refractivity contribution in [3.63, 3.8) is 0 Å². The maximum atomic E-state index is 12.7. The summed E-state index contributed by atoms with van der Waals surface area (Å²) in [6, 6.07) is 0. The molecule has 1 atom stereocenters. The van der Waals surface area contributed by atoms with E-state index >= 15 is 0 Å². The van der Waals surface area contributed by atoms with Gasteiger partial charge >= 0.3 is 17.9 Å². The van der Waals surface area contributed by atoms with Crippen molar-refractivity contribution in [3.05, 3.63) is 85.1 Å². The van der Waals surface area contributed by atoms with Crippen molar-refractivity contribution in [2.75, 3.05) is 13.2 Å². The molecule has 0 aliphatic rings. The van der Waals surface area contributed by atoms with Gasteiger partial charge in [-0.05, 0) is 89.9 Å². The fourth-order valence-corrected chi connectivity index (χ4v) is 6.19. The van der Waals surface area contributed by atoms with Crippen molar-refractivity contribution in [1.29, 1.82) is 0 Å². The van der Waals surface area contributed by atoms with E-state index in [1.807, 2.05) is 36.5 Å². The highest BCUT2D eigenvalue weighted by atomic mass is 16.6. The standard InChI is InChI=1S/C52H86O6/c1-4-7-10-13-16-19-22-25-28-30-33-36-39-42-45-51(54)57-48-49(58-52(55)46-43-40-37-34-31-27-24-21-18-15-12-9-6-3)47-56-50(53)44-41-38-35-32-29-26-23-20-17-14-11-8-5-2/h7,9-10,12,15-16,18-19,21,24,26-27,29,31,49H,4-6,8,11,13-14,17,20,22-23,25,28,30,32-48H2,1-3H3/b10-7+,12-9+,18-15+,19-16+,24-21+,29-26+,31-27+. The number of hydrogen-bond donors (Lipinski definition) is 0. The van der Waals surface area contributed by atoms with Crippen LogP contribution in [0.1, 0.15) is 207 Å². The van der Waals surface area contributed by atoms with Crippen LogP contribution >= 0.6 is 0 Å². The maximum absolute atomic E-state index is 12.7. The quantitative estimate of drug-likeness (QED) is 0.0201. The lowest BCUT2D eigenvalue weighted by Crippen LogP contribution is -2.30. The predicted octanol–water partition coefficient (Wildman–Crippen LogP) is 15.3. The molecule has 0 N–H and O–H groups in total. The summed E-state index contributed by atoms with van der Waals surface area (Å²) in [5, 5.41) is 0. The topological polar surface area (TPSA) is 78.9 Å². The number of rotatable bonds is 41. The summed E-state index contributed by atoms with van der Waals surface area (Å²) in [4.78, 5) is 37.8. The Kier molecular flexibility index (Phi) is 43.6. The lowest BCUT2D eigenvalue weighted by atomic mass is 10.1. The third-order valence-electron chi connectivity index (χ3n) is 9.71. The van der Waals surface area contributed by atoms with E-state index in [4.69, 9.17) is 14.2 Å². The first-order chi connectivity index (χ1) is 28.5. The molecule has 0 aromatic carbocycles. The molecule has 58 heavy (non-hydrogen) atoms. The molecule has 0 saturated heterocycles. The van der Waals surface area contributed by atoms with E-state index in [0.29, 0.717) is 19.3 Å². The molecule has 0 aliphatic heterocycles. The SMILES string of the molecule is CC/C=C/C=C/C=C/C=C/CCCCCC(=O)OC(COC(=O)CCCCC/C=C/CCCCCCCC)COC(=O)CCCCCCCCC/C=C/C/C=C/CC. The molecule has 0 aliphatic carbocycles. The predicted molar refractivity (Wildman–Crippen MR) is 247 cm³/mol. The van der Waals surface area contributed by atoms with Gasteiger partial charge in [-0.1, -0.05) is 183 Å². The minimum Gasteiger partial charge on any atom is -0.462 e. The molecule has 0 aromatic heterocycles. The van der Waals surface area contributed by atoms with E-state index in [1.54, 1.807) is 0 Å². The van der Waals surface area contributed by atoms with Gasteiger partial charge in [-0.3, -0.25) is 14.4 Å². The summed E-state index contributed by atoms with van der Waals surface area (Å²) in [7, 11) is 0. The van der Waals surface area contributed by atoms with Crippen molar-refractivity contribution >= 4 is 17.9 Å². The van der Waals surface area contributed by atoms with Crippen LogP contribution in [-0.4, -0.2) is 37.2 Å². The summed E-state index contributed by atoms with van der Waals surface area (Å²) in [6.07, 6.45) is 58.5. The average Bonchev–Trinajstić information content (AvgIpc) is 3.22. The summed E-state index contributed by atoms with van der Waals surface area (Å²) in [5.41, 5.74) is 0. The minimum atomic E-state index is -0.805. The number of carbonyl (C=O) groups is 3. The molecule has 0 bridgehead atoms. The van der Waals surface area contributed by atoms with Crippen LogP contribution in [-0.2, 0) is 28.6 Å². The van der Waals surface area contributed by atoms with Gasteiger partial charge in [0.15, 0.2) is 6.10 Å². The first kappa shape index (κ1) is 54.6. The van der Waals surface area contributed by atoms with E-state index in [0.717, 1.165) is 96.3 Å². The summed E-state index contributed by atoms with van der Waals surface area (Å²) >= 11 is 0. The van der Waals surface area contributed by atoms with Crippen LogP contribution < -0.4 is 0 Å². The second kappa shape index (κ2) is 46.3. The number of hydrogen-bond acceptors (Lipinski definition) is 6. The van der Waals surface area contributed by atoms with Crippen LogP contribution in [0.2, 0.25) is 0 Å². The Bertz CT molecular complexity index is 1160. The lowest BCUT2D eigenvalue weighted by molar-refractivity contribution is -0.167. The third-order valence-corrected chi connectivity index (χ3v) is 9.71. The zero-order chi connectivity index (χ0) is 42.3. The molecular formula is C52H86O6. The highest BCUT2D eigenvalue weighted by Gasteiger charge is 2.19. The van der Waals surface area contributed by atoms with Crippen molar-refractivity contribution < 1.29 is 28.6 Å². The Balaban J connectivity index is 4.49. The molecule has 330 valence electrons. The second-order valence-electron chi connectivity index (χ2n) is 15.3. The fraction of sp³-hybridized carbons (Fsp3) is 0.673. The van der Waals surface area contributed by atoms with E-state index in [9.17, 15) is 14.4 Å². The van der Waals surface area contributed by atoms with Crippen molar-refractivity contribution in [1.82, 2.24) is 0 Å². The van der Waals surface area contributed by atoms with E-state index in [1.165, 1.54) is 64.2 Å². The van der Waals surface area contributed by atoms with Crippen LogP contribution in [0.3, 0.4) is 0 Å². The molecule has 0 aromatic rings. The Morgan fingerprint density at radius 3 is 1.28 bits per heavy atom. The highest BCUT2D eigenvalue weighted by molar-refractivity contribution is 5.71. The van der Waals surface area contributed by atoms with Crippen molar-refractivity contribution in [2.45, 2.75) is 213 Å². The van der Waals surface area contributed by atoms with Crippen molar-refractivity contribution in [2.24, 2.45) is 0 Å². The van der Waals surface area contributed by atoms with E-state index in [-0.39, 0.29) is 37.5 Å². The van der Waals surface area contributed by atoms with Gasteiger partial charge in [0.2, 0.25) is 0 Å². The number of unbranched alkanes of at least 4 members (excludes halogenated alkanes) is 19. The number of esters is 3. The molecule has 0 spiro atoms. The highest BCUT2D eigenvalue weighted by Crippen LogP contribution is 2.13. The van der Waals surface area contributed by atoms with Gasteiger partial charge in [-0.15, -0.1) is 0 Å². The molecule has 6 heteroatoms. The largest absolute Gasteiger partial charge is 0.462 e. The number of ether oxygens (including phenoxy) is 3. The monoisotopic (exact) mass is 807 g/mol. The first-order valence-corrected chi connectivity index (χ1v) is 23.6. The number of allylic oxidation sites excluding steroid dienone is 14. The molecule has 0 saturated carbocycles. The normalized spacial score (nSPS) is 12.8. The Morgan fingerprint density at radius 1 is 0.379 bits per heavy atom. The molecule has 6 nitrogen and oxygen atoms in total. The van der Waals surface area contributed by atoms with Crippen LogP contribution in [0.5, 0.6) is 0 Å². The average molecular weight is 807 g/mol. The summed E-state index contributed by atoms with van der Waals surface area (Å²) < 4.78 is 16.7. The van der Waals surface area contributed by atoms with Crippen LogP contribution in [0.15, 0.2) is 85.1 Å². The third kappa shape index (κ3) is 43.7. The Hall–Kier alpha value is -3.41. The molecule has 0 heterocycles. The maximum Gasteiger partial charge on any atom is 0.306 e. The first-order valence-electron chi connectivity index (χ1n) is 23.6. The zero-order valence-corrected chi connectivity index (χ0v) is 37.5. The van der Waals surface area contributed by atoms with Gasteiger partial charge < -0.3 is 14.2 Å². The Morgan fingerprint density at radius 2 is 0.759 bits per heavy atom. The van der Waals surface area contributed by atoms with Crippen molar-refractivity contribution in [3.8, 4) is 0 Å². The number of carbonyl (C=O) groups excluding carboxylic acids is 3. The molecule has 0 fully saturated rings. The lowest BCUT2D eigenvalue weighted by Gasteiger charge is -2.18. The summed E-state index contributed by atoms with van der Waals surface area (Å²) in [6.45, 7) is 6.31. The Labute approximate surface area is 356 Å². The molecule has 0 amide bonds. The molecule has 0 radical (unpaired) electrons. The second-order valence-corrected chi connectivity index (χ2v) is 15.3. The molecule has 0 rings (SSSR count). The molecular weight excluding hydrogens is 721 g/mol. The zero-order valence-electron chi connectivity index (χ0n) is 37.5. The molecule has 1 unspecified atom stereocenters. The van der Waals surface area contributed by atoms with Gasteiger partial charge in [-0.2, -0.15) is 0 Å². The van der Waals surface area contributed by atoms with E-state index in [2.05, 4.69) is 69.4 Å². The van der Waals surface area contributed by atoms with Crippen LogP contribution in [0, 0.1) is 0 Å². The summed E-state index contributed by atoms with van der Waals surface area (Å²) in [5.74, 6) is -0.972. The van der Waals surface area contributed by atoms with Gasteiger partial charge in [0.1, 0.15) is 13.2 Å². The van der Waals surface area contributed by atoms with Gasteiger partial charge in [-0.25, -0.2) is 0 Å². The van der Waals surface area contributed by atoms with Crippen LogP contribution in [0.25, 0.3) is 0 Å². The van der Waals surface area contributed by atoms with Crippen LogP contribution in [0.4, 0.5) is 0 Å². The van der Waals surface area contributed by atoms with Gasteiger partial charge in [0.05, 0.1) is 0 Å². The van der Waals surface area contributed by atoms with E-state index < -0.39 is 6.10 Å². The fourth-order valence-electron chi connectivity index (χ4n) is 6.19. The minimum absolute atomic E-state index is 0.103. The van der Waals surface area contributed by atoms with Gasteiger partial charge in [0.25, 0.3) is 0 Å². The van der Waals surface area contributed by atoms with Gasteiger partial charge in [0, 0.05) is 19.3 Å².